The number of carbonyl (C=O) groups is 1. The number of nitrogens with zero attached hydrogens (tertiary/aromatic N) is 1. The van der Waals surface area contributed by atoms with E-state index < -0.39 is 76.9 Å². The van der Waals surface area contributed by atoms with Gasteiger partial charge in [0.05, 0.1) is 22.9 Å². The summed E-state index contributed by atoms with van der Waals surface area (Å²) in [5.41, 5.74) is -10.7. The first-order chi connectivity index (χ1) is 18.3. The minimum absolute atomic E-state index is 0.0967. The highest BCUT2D eigenvalue weighted by Gasteiger charge is 2.75. The summed E-state index contributed by atoms with van der Waals surface area (Å²) in [6.07, 6.45) is -18.3. The molecule has 0 spiro atoms. The standard InChI is InChI=1S/C25H17F11N2O2/c26-17-6-7-19(37-12-17)21(11-14-4-2-1-3-5-14,15-8-16(23(28,29)30)10-18(27)9-15)13-38-20(39)22(40,24(31,32)33)25(34,35)36/h1-10,12,40H,11,13H2,(H,38,39)/t21-/m0/s1. The fourth-order valence-corrected chi connectivity index (χ4v) is 4.01. The molecule has 0 aliphatic rings. The first-order valence-corrected chi connectivity index (χ1v) is 11.0. The Morgan fingerprint density at radius 2 is 1.35 bits per heavy atom. The van der Waals surface area contributed by atoms with Crippen molar-refractivity contribution in [1.82, 2.24) is 10.3 Å². The van der Waals surface area contributed by atoms with Crippen molar-refractivity contribution < 1.29 is 58.2 Å². The van der Waals surface area contributed by atoms with Crippen molar-refractivity contribution >= 4 is 5.91 Å². The molecule has 0 aliphatic carbocycles. The second-order valence-electron chi connectivity index (χ2n) is 8.72. The number of benzene rings is 2. The maximum Gasteiger partial charge on any atom is 0.435 e. The fourth-order valence-electron chi connectivity index (χ4n) is 4.01. The Bertz CT molecular complexity index is 1320. The summed E-state index contributed by atoms with van der Waals surface area (Å²) in [6, 6.07) is 9.76. The van der Waals surface area contributed by atoms with Gasteiger partial charge in [0.25, 0.3) is 5.91 Å². The van der Waals surface area contributed by atoms with Crippen LogP contribution in [0.3, 0.4) is 0 Å². The number of pyridine rings is 1. The second-order valence-corrected chi connectivity index (χ2v) is 8.72. The molecule has 0 aliphatic heterocycles. The Labute approximate surface area is 218 Å². The lowest BCUT2D eigenvalue weighted by Crippen LogP contribution is -2.66. The molecule has 15 heteroatoms. The monoisotopic (exact) mass is 586 g/mol. The molecule has 216 valence electrons. The van der Waals surface area contributed by atoms with Gasteiger partial charge in [-0.3, -0.25) is 9.78 Å². The van der Waals surface area contributed by atoms with E-state index in [1.807, 2.05) is 0 Å². The van der Waals surface area contributed by atoms with Crippen LogP contribution in [0.2, 0.25) is 0 Å². The highest BCUT2D eigenvalue weighted by Crippen LogP contribution is 2.44. The predicted molar refractivity (Wildman–Crippen MR) is 117 cm³/mol. The second kappa shape index (κ2) is 10.7. The summed E-state index contributed by atoms with van der Waals surface area (Å²) in [5.74, 6) is -5.46. The molecular weight excluding hydrogens is 569 g/mol. The van der Waals surface area contributed by atoms with Crippen molar-refractivity contribution in [2.75, 3.05) is 6.54 Å². The molecule has 2 aromatic carbocycles. The zero-order valence-electron chi connectivity index (χ0n) is 19.7. The lowest BCUT2D eigenvalue weighted by atomic mass is 9.72. The van der Waals surface area contributed by atoms with Gasteiger partial charge in [-0.2, -0.15) is 39.5 Å². The molecule has 3 rings (SSSR count). The van der Waals surface area contributed by atoms with Crippen LogP contribution < -0.4 is 5.32 Å². The Balaban J connectivity index is 2.29. The highest BCUT2D eigenvalue weighted by atomic mass is 19.4. The van der Waals surface area contributed by atoms with Crippen molar-refractivity contribution in [1.29, 1.82) is 0 Å². The van der Waals surface area contributed by atoms with E-state index in [1.165, 1.54) is 35.6 Å². The molecule has 0 fully saturated rings. The summed E-state index contributed by atoms with van der Waals surface area (Å²) in [7, 11) is 0. The molecule has 0 radical (unpaired) electrons. The Hall–Kier alpha value is -3.75. The van der Waals surface area contributed by atoms with Crippen LogP contribution in [-0.2, 0) is 22.8 Å². The maximum atomic E-state index is 14.5. The lowest BCUT2D eigenvalue weighted by Gasteiger charge is -2.37. The third kappa shape index (κ3) is 6.03. The largest absolute Gasteiger partial charge is 0.435 e. The van der Waals surface area contributed by atoms with Crippen molar-refractivity contribution in [2.45, 2.75) is 36.0 Å². The van der Waals surface area contributed by atoms with E-state index in [1.54, 1.807) is 0 Å². The van der Waals surface area contributed by atoms with Crippen LogP contribution in [0.25, 0.3) is 0 Å². The van der Waals surface area contributed by atoms with E-state index in [0.717, 1.165) is 12.1 Å². The van der Waals surface area contributed by atoms with E-state index in [0.29, 0.717) is 18.3 Å². The highest BCUT2D eigenvalue weighted by molar-refractivity contribution is 5.87. The molecule has 3 aromatic rings. The quantitative estimate of drug-likeness (QED) is 0.340. The number of aromatic nitrogens is 1. The topological polar surface area (TPSA) is 62.2 Å². The van der Waals surface area contributed by atoms with Crippen molar-refractivity contribution in [3.63, 3.8) is 0 Å². The van der Waals surface area contributed by atoms with Gasteiger partial charge in [-0.25, -0.2) is 8.78 Å². The van der Waals surface area contributed by atoms with Crippen LogP contribution in [0.5, 0.6) is 0 Å². The van der Waals surface area contributed by atoms with Gasteiger partial charge >= 0.3 is 24.1 Å². The van der Waals surface area contributed by atoms with Crippen molar-refractivity contribution in [3.8, 4) is 0 Å². The molecule has 1 atom stereocenters. The number of amides is 1. The fraction of sp³-hybridized carbons (Fsp3) is 0.280. The molecule has 0 unspecified atom stereocenters. The molecule has 0 bridgehead atoms. The zero-order valence-corrected chi connectivity index (χ0v) is 19.7. The molecule has 1 aromatic heterocycles. The van der Waals surface area contributed by atoms with Gasteiger partial charge in [0, 0.05) is 6.54 Å². The van der Waals surface area contributed by atoms with Gasteiger partial charge in [0.1, 0.15) is 11.6 Å². The third-order valence-electron chi connectivity index (χ3n) is 6.04. The van der Waals surface area contributed by atoms with Crippen LogP contribution in [0.15, 0.2) is 66.9 Å². The number of nitrogens with one attached hydrogen (secondary N) is 1. The summed E-state index contributed by atoms with van der Waals surface area (Å²) < 4.78 is 149. The van der Waals surface area contributed by atoms with E-state index in [-0.39, 0.29) is 11.6 Å². The van der Waals surface area contributed by atoms with E-state index in [2.05, 4.69) is 4.98 Å². The zero-order chi connectivity index (χ0) is 30.1. The van der Waals surface area contributed by atoms with E-state index in [4.69, 9.17) is 0 Å². The molecule has 1 amide bonds. The Morgan fingerprint density at radius 3 is 1.85 bits per heavy atom. The van der Waals surface area contributed by atoms with Crippen molar-refractivity contribution in [2.24, 2.45) is 0 Å². The van der Waals surface area contributed by atoms with Gasteiger partial charge in [0.15, 0.2) is 0 Å². The van der Waals surface area contributed by atoms with E-state index >= 15 is 0 Å². The van der Waals surface area contributed by atoms with Crippen LogP contribution in [0, 0.1) is 11.6 Å². The average molecular weight is 586 g/mol. The van der Waals surface area contributed by atoms with Gasteiger partial charge in [0.2, 0.25) is 0 Å². The number of alkyl halides is 9. The summed E-state index contributed by atoms with van der Waals surface area (Å²) in [4.78, 5) is 16.1. The van der Waals surface area contributed by atoms with Crippen LogP contribution in [0.4, 0.5) is 48.3 Å². The summed E-state index contributed by atoms with van der Waals surface area (Å²) in [6.45, 7) is -1.37. The smallest absolute Gasteiger partial charge is 0.366 e. The number of aliphatic hydroxyl groups is 1. The normalized spacial score (nSPS) is 14.5. The minimum atomic E-state index is -6.56. The molecule has 40 heavy (non-hydrogen) atoms. The van der Waals surface area contributed by atoms with E-state index in [9.17, 15) is 58.2 Å². The molecule has 2 N–H and O–H groups in total. The average Bonchev–Trinajstić information content (AvgIpc) is 2.84. The van der Waals surface area contributed by atoms with Crippen LogP contribution in [0.1, 0.15) is 22.4 Å². The van der Waals surface area contributed by atoms with Gasteiger partial charge in [-0.1, -0.05) is 30.3 Å². The molecule has 0 saturated carbocycles. The Morgan fingerprint density at radius 1 is 0.775 bits per heavy atom. The molecular formula is C25H17F11N2O2. The first-order valence-electron chi connectivity index (χ1n) is 11.0. The number of carbonyl (C=O) groups excluding carboxylic acids is 1. The molecule has 4 nitrogen and oxygen atoms in total. The SMILES string of the molecule is O=C(NC[C@@](Cc1ccccc1)(c1cc(F)cc(C(F)(F)F)c1)c1ccc(F)cn1)C(O)(C(F)(F)F)C(F)(F)F. The summed E-state index contributed by atoms with van der Waals surface area (Å²) in [5, 5.41) is 10.8. The molecule has 0 saturated heterocycles. The predicted octanol–water partition coefficient (Wildman–Crippen LogP) is 5.88. The van der Waals surface area contributed by atoms with Gasteiger partial charge < -0.3 is 10.4 Å². The minimum Gasteiger partial charge on any atom is -0.366 e. The number of hydrogen-bond acceptors (Lipinski definition) is 3. The number of halogens is 11. The number of hydrogen-bond donors (Lipinski definition) is 2. The lowest BCUT2D eigenvalue weighted by molar-refractivity contribution is -0.350. The maximum absolute atomic E-state index is 14.5. The summed E-state index contributed by atoms with van der Waals surface area (Å²) >= 11 is 0. The first kappa shape index (κ1) is 30.8. The number of rotatable bonds is 7. The Kier molecular flexibility index (Phi) is 8.21. The van der Waals surface area contributed by atoms with Gasteiger partial charge in [-0.05, 0) is 47.9 Å². The molecule has 1 heterocycles. The van der Waals surface area contributed by atoms with Crippen LogP contribution >= 0.6 is 0 Å². The van der Waals surface area contributed by atoms with Gasteiger partial charge in [-0.15, -0.1) is 0 Å². The van der Waals surface area contributed by atoms with Crippen molar-refractivity contribution in [3.05, 3.63) is 101 Å². The van der Waals surface area contributed by atoms with Crippen LogP contribution in [-0.4, -0.2) is 40.5 Å². The third-order valence-corrected chi connectivity index (χ3v) is 6.04.